The smallest absolute Gasteiger partial charge is 0.0654 e. The number of nitrogens with two attached hydrogens (primary N) is 1. The van der Waals surface area contributed by atoms with Crippen molar-refractivity contribution in [3.63, 3.8) is 0 Å². The normalized spacial score (nSPS) is 12.3. The molecule has 0 saturated carbocycles. The van der Waals surface area contributed by atoms with E-state index in [0.717, 1.165) is 17.0 Å². The van der Waals surface area contributed by atoms with Crippen LogP contribution in [0.2, 0.25) is 0 Å². The molecule has 0 radical (unpaired) electrons. The van der Waals surface area contributed by atoms with Crippen LogP contribution in [-0.2, 0) is 6.42 Å². The third-order valence-corrected chi connectivity index (χ3v) is 2.39. The zero-order chi connectivity index (χ0) is 12.7. The lowest BCUT2D eigenvalue weighted by Gasteiger charge is -2.04. The number of allylic oxidation sites excluding steroid dienone is 4. The predicted octanol–water partition coefficient (Wildman–Crippen LogP) is 2.88. The van der Waals surface area contributed by atoms with Crippen LogP contribution in [0.4, 0.5) is 0 Å². The van der Waals surface area contributed by atoms with Gasteiger partial charge in [-0.05, 0) is 17.2 Å². The average molecular weight is 226 g/mol. The van der Waals surface area contributed by atoms with Gasteiger partial charge in [-0.25, -0.2) is 0 Å². The van der Waals surface area contributed by atoms with Crippen molar-refractivity contribution in [2.75, 3.05) is 7.05 Å². The molecule has 0 heterocycles. The van der Waals surface area contributed by atoms with Gasteiger partial charge in [-0.2, -0.15) is 0 Å². The van der Waals surface area contributed by atoms with Gasteiger partial charge < -0.3 is 5.73 Å². The van der Waals surface area contributed by atoms with Crippen molar-refractivity contribution in [2.45, 2.75) is 6.42 Å². The SMILES string of the molecule is C=CC(=C)C(/C=C(\N)Cc1ccccc1)=NC. The molecule has 2 N–H and O–H groups in total. The van der Waals surface area contributed by atoms with E-state index in [0.29, 0.717) is 6.42 Å². The average Bonchev–Trinajstić information content (AvgIpc) is 2.36. The molecule has 0 aliphatic carbocycles. The van der Waals surface area contributed by atoms with Crippen molar-refractivity contribution in [3.8, 4) is 0 Å². The van der Waals surface area contributed by atoms with E-state index in [1.807, 2.05) is 36.4 Å². The zero-order valence-electron chi connectivity index (χ0n) is 10.2. The second kappa shape index (κ2) is 6.48. The van der Waals surface area contributed by atoms with Crippen LogP contribution in [0.3, 0.4) is 0 Å². The van der Waals surface area contributed by atoms with Crippen molar-refractivity contribution >= 4 is 5.71 Å². The minimum absolute atomic E-state index is 0.713. The summed E-state index contributed by atoms with van der Waals surface area (Å²) in [6.45, 7) is 7.53. The number of hydrogen-bond acceptors (Lipinski definition) is 2. The highest BCUT2D eigenvalue weighted by Crippen LogP contribution is 2.06. The van der Waals surface area contributed by atoms with Gasteiger partial charge in [0.25, 0.3) is 0 Å². The number of rotatable bonds is 5. The summed E-state index contributed by atoms with van der Waals surface area (Å²) in [5.41, 5.74) is 9.48. The van der Waals surface area contributed by atoms with Gasteiger partial charge in [0, 0.05) is 19.2 Å². The first-order chi connectivity index (χ1) is 8.17. The maximum atomic E-state index is 5.98. The molecule has 0 aromatic heterocycles. The highest BCUT2D eigenvalue weighted by molar-refractivity contribution is 6.10. The van der Waals surface area contributed by atoms with Gasteiger partial charge in [0.05, 0.1) is 5.71 Å². The van der Waals surface area contributed by atoms with Crippen LogP contribution in [0.1, 0.15) is 5.56 Å². The molecule has 1 aromatic rings. The van der Waals surface area contributed by atoms with Crippen molar-refractivity contribution in [1.29, 1.82) is 0 Å². The van der Waals surface area contributed by atoms with Crippen LogP contribution in [0.15, 0.2) is 71.9 Å². The quantitative estimate of drug-likeness (QED) is 0.608. The summed E-state index contributed by atoms with van der Waals surface area (Å²) in [6, 6.07) is 10.1. The van der Waals surface area contributed by atoms with Crippen molar-refractivity contribution in [3.05, 3.63) is 72.5 Å². The van der Waals surface area contributed by atoms with E-state index in [9.17, 15) is 0 Å². The molecule has 0 fully saturated rings. The Bertz CT molecular complexity index is 453. The molecule has 0 aliphatic rings. The van der Waals surface area contributed by atoms with E-state index in [4.69, 9.17) is 5.73 Å². The molecule has 1 aromatic carbocycles. The number of aliphatic imine (C=N–C) groups is 1. The van der Waals surface area contributed by atoms with Gasteiger partial charge in [-0.15, -0.1) is 0 Å². The molecule has 1 rings (SSSR count). The summed E-state index contributed by atoms with van der Waals surface area (Å²) in [6.07, 6.45) is 4.23. The van der Waals surface area contributed by atoms with E-state index in [1.54, 1.807) is 13.1 Å². The lowest BCUT2D eigenvalue weighted by atomic mass is 10.1. The Balaban J connectivity index is 2.79. The van der Waals surface area contributed by atoms with E-state index in [2.05, 4.69) is 18.2 Å². The molecule has 88 valence electrons. The maximum absolute atomic E-state index is 5.98. The number of nitrogens with zero attached hydrogens (tertiary/aromatic N) is 1. The highest BCUT2D eigenvalue weighted by atomic mass is 14.7. The highest BCUT2D eigenvalue weighted by Gasteiger charge is 1.99. The van der Waals surface area contributed by atoms with Crippen LogP contribution in [0.25, 0.3) is 0 Å². The van der Waals surface area contributed by atoms with Crippen molar-refractivity contribution in [1.82, 2.24) is 0 Å². The fourth-order valence-corrected chi connectivity index (χ4v) is 1.46. The summed E-state index contributed by atoms with van der Waals surface area (Å²) in [4.78, 5) is 4.13. The number of hydrogen-bond donors (Lipinski definition) is 1. The first kappa shape index (κ1) is 13.0. The molecule has 0 amide bonds. The van der Waals surface area contributed by atoms with Crippen molar-refractivity contribution < 1.29 is 0 Å². The lowest BCUT2D eigenvalue weighted by molar-refractivity contribution is 1.11. The zero-order valence-corrected chi connectivity index (χ0v) is 10.2. The molecule has 2 nitrogen and oxygen atoms in total. The van der Waals surface area contributed by atoms with Crippen LogP contribution >= 0.6 is 0 Å². The van der Waals surface area contributed by atoms with E-state index in [-0.39, 0.29) is 0 Å². The number of benzene rings is 1. The van der Waals surface area contributed by atoms with Gasteiger partial charge in [-0.3, -0.25) is 4.99 Å². The second-order valence-electron chi connectivity index (χ2n) is 3.72. The molecule has 0 aliphatic heterocycles. The standard InChI is InChI=1S/C15H18N2/c1-4-12(2)15(17-3)11-14(16)10-13-8-6-5-7-9-13/h4-9,11H,1-2,10,16H2,3H3/b14-11-,17-15?. The first-order valence-corrected chi connectivity index (χ1v) is 5.46. The first-order valence-electron chi connectivity index (χ1n) is 5.46. The predicted molar refractivity (Wildman–Crippen MR) is 75.1 cm³/mol. The topological polar surface area (TPSA) is 38.4 Å². The monoisotopic (exact) mass is 226 g/mol. The van der Waals surface area contributed by atoms with Gasteiger partial charge in [0.15, 0.2) is 0 Å². The van der Waals surface area contributed by atoms with Crippen LogP contribution in [-0.4, -0.2) is 12.8 Å². The van der Waals surface area contributed by atoms with E-state index >= 15 is 0 Å². The Labute approximate surface area is 103 Å². The van der Waals surface area contributed by atoms with Crippen molar-refractivity contribution in [2.24, 2.45) is 10.7 Å². The molecule has 2 heteroatoms. The van der Waals surface area contributed by atoms with Gasteiger partial charge >= 0.3 is 0 Å². The third kappa shape index (κ3) is 4.11. The van der Waals surface area contributed by atoms with Crippen LogP contribution in [0.5, 0.6) is 0 Å². The molecule has 17 heavy (non-hydrogen) atoms. The Morgan fingerprint density at radius 1 is 1.35 bits per heavy atom. The van der Waals surface area contributed by atoms with Gasteiger partial charge in [0.1, 0.15) is 0 Å². The summed E-state index contributed by atoms with van der Waals surface area (Å²) < 4.78 is 0. The second-order valence-corrected chi connectivity index (χ2v) is 3.72. The summed E-state index contributed by atoms with van der Waals surface area (Å²) in [5.74, 6) is 0. The molecule has 0 spiro atoms. The Kier molecular flexibility index (Phi) is 4.95. The Morgan fingerprint density at radius 3 is 2.53 bits per heavy atom. The molecule has 0 atom stereocenters. The van der Waals surface area contributed by atoms with Crippen LogP contribution in [0, 0.1) is 0 Å². The fourth-order valence-electron chi connectivity index (χ4n) is 1.46. The summed E-state index contributed by atoms with van der Waals surface area (Å²) in [7, 11) is 1.72. The Hall–Kier alpha value is -2.09. The third-order valence-electron chi connectivity index (χ3n) is 2.39. The lowest BCUT2D eigenvalue weighted by Crippen LogP contribution is -2.06. The molecule has 0 bridgehead atoms. The van der Waals surface area contributed by atoms with E-state index in [1.165, 1.54) is 5.56 Å². The summed E-state index contributed by atoms with van der Waals surface area (Å²) in [5, 5.41) is 0. The maximum Gasteiger partial charge on any atom is 0.0654 e. The minimum Gasteiger partial charge on any atom is -0.402 e. The van der Waals surface area contributed by atoms with Gasteiger partial charge in [0.2, 0.25) is 0 Å². The largest absolute Gasteiger partial charge is 0.402 e. The minimum atomic E-state index is 0.713. The molecule has 0 unspecified atom stereocenters. The Morgan fingerprint density at radius 2 is 2.00 bits per heavy atom. The van der Waals surface area contributed by atoms with E-state index < -0.39 is 0 Å². The summed E-state index contributed by atoms with van der Waals surface area (Å²) >= 11 is 0. The molecule has 0 saturated heterocycles. The van der Waals surface area contributed by atoms with Gasteiger partial charge in [-0.1, -0.05) is 49.6 Å². The fraction of sp³-hybridized carbons (Fsp3) is 0.133. The molecular weight excluding hydrogens is 208 g/mol. The molecular formula is C15H18N2. The van der Waals surface area contributed by atoms with Crippen LogP contribution < -0.4 is 5.73 Å².